The van der Waals surface area contributed by atoms with Gasteiger partial charge in [-0.15, -0.1) is 0 Å². The number of hydrogen-bond acceptors (Lipinski definition) is 3. The Labute approximate surface area is 122 Å². The first-order valence-corrected chi connectivity index (χ1v) is 7.49. The second kappa shape index (κ2) is 6.49. The zero-order valence-electron chi connectivity index (χ0n) is 13.2. The molecule has 0 aliphatic heterocycles. The number of methoxy groups -OCH3 is 2. The monoisotopic (exact) mass is 277 g/mol. The smallest absolute Gasteiger partial charge is 0.165 e. The van der Waals surface area contributed by atoms with Crippen molar-refractivity contribution < 1.29 is 9.47 Å². The Kier molecular flexibility index (Phi) is 4.92. The van der Waals surface area contributed by atoms with E-state index < -0.39 is 0 Å². The minimum Gasteiger partial charge on any atom is -0.493 e. The van der Waals surface area contributed by atoms with Crippen LogP contribution in [-0.2, 0) is 6.54 Å². The van der Waals surface area contributed by atoms with Gasteiger partial charge in [0.1, 0.15) is 0 Å². The topological polar surface area (TPSA) is 30.5 Å². The molecule has 1 fully saturated rings. The predicted molar refractivity (Wildman–Crippen MR) is 82.4 cm³/mol. The molecule has 1 unspecified atom stereocenters. The maximum atomic E-state index is 5.48. The van der Waals surface area contributed by atoms with Crippen molar-refractivity contribution in [1.82, 2.24) is 5.32 Å². The van der Waals surface area contributed by atoms with Crippen LogP contribution in [0, 0.1) is 5.41 Å². The van der Waals surface area contributed by atoms with Gasteiger partial charge in [-0.3, -0.25) is 0 Å². The molecule has 0 aromatic heterocycles. The molecule has 1 atom stereocenters. The van der Waals surface area contributed by atoms with E-state index in [1.165, 1.54) is 25.7 Å². The minimum absolute atomic E-state index is 0.467. The van der Waals surface area contributed by atoms with E-state index in [9.17, 15) is 0 Å². The van der Waals surface area contributed by atoms with Gasteiger partial charge in [0.15, 0.2) is 11.5 Å². The van der Waals surface area contributed by atoms with Gasteiger partial charge < -0.3 is 14.8 Å². The summed E-state index contributed by atoms with van der Waals surface area (Å²) in [6, 6.07) is 6.66. The Bertz CT molecular complexity index is 443. The summed E-state index contributed by atoms with van der Waals surface area (Å²) in [5, 5.41) is 3.68. The quantitative estimate of drug-likeness (QED) is 0.889. The van der Waals surface area contributed by atoms with Crippen molar-refractivity contribution >= 4 is 0 Å². The summed E-state index contributed by atoms with van der Waals surface area (Å²) in [6.07, 6.45) is 5.18. The van der Waals surface area contributed by atoms with Crippen LogP contribution in [0.5, 0.6) is 11.5 Å². The van der Waals surface area contributed by atoms with Gasteiger partial charge in [-0.1, -0.05) is 32.4 Å². The molecule has 0 heterocycles. The molecule has 0 spiro atoms. The molecule has 1 aromatic rings. The SMILES string of the molecule is COc1cccc(CNC2CCCC(C)(C)C2)c1OC. The molecule has 3 heteroatoms. The van der Waals surface area contributed by atoms with Crippen LogP contribution in [-0.4, -0.2) is 20.3 Å². The highest BCUT2D eigenvalue weighted by atomic mass is 16.5. The molecular weight excluding hydrogens is 250 g/mol. The largest absolute Gasteiger partial charge is 0.493 e. The van der Waals surface area contributed by atoms with E-state index in [0.717, 1.165) is 23.6 Å². The molecule has 1 saturated carbocycles. The van der Waals surface area contributed by atoms with E-state index in [2.05, 4.69) is 25.2 Å². The van der Waals surface area contributed by atoms with Gasteiger partial charge in [0.05, 0.1) is 14.2 Å². The Morgan fingerprint density at radius 2 is 2.05 bits per heavy atom. The van der Waals surface area contributed by atoms with Crippen LogP contribution in [0.25, 0.3) is 0 Å². The normalized spacial score (nSPS) is 21.5. The van der Waals surface area contributed by atoms with Crippen molar-refractivity contribution in [3.05, 3.63) is 23.8 Å². The van der Waals surface area contributed by atoms with E-state index in [4.69, 9.17) is 9.47 Å². The first kappa shape index (κ1) is 15.2. The van der Waals surface area contributed by atoms with E-state index in [1.54, 1.807) is 14.2 Å². The second-order valence-electron chi connectivity index (χ2n) is 6.49. The van der Waals surface area contributed by atoms with Gasteiger partial charge >= 0.3 is 0 Å². The Balaban J connectivity index is 2.00. The highest BCUT2D eigenvalue weighted by Crippen LogP contribution is 2.36. The van der Waals surface area contributed by atoms with Crippen LogP contribution in [0.15, 0.2) is 18.2 Å². The molecule has 1 N–H and O–H groups in total. The van der Waals surface area contributed by atoms with Gasteiger partial charge in [0.2, 0.25) is 0 Å². The summed E-state index contributed by atoms with van der Waals surface area (Å²) in [5.74, 6) is 1.65. The Hall–Kier alpha value is -1.22. The number of para-hydroxylation sites is 1. The standard InChI is InChI=1S/C17H27NO2/c1-17(2)10-6-8-14(11-17)18-12-13-7-5-9-15(19-3)16(13)20-4/h5,7,9,14,18H,6,8,10-12H2,1-4H3. The molecule has 1 aromatic carbocycles. The van der Waals surface area contributed by atoms with Crippen molar-refractivity contribution in [1.29, 1.82) is 0 Å². The maximum absolute atomic E-state index is 5.48. The molecule has 112 valence electrons. The molecule has 1 aliphatic carbocycles. The fourth-order valence-corrected chi connectivity index (χ4v) is 3.22. The predicted octanol–water partition coefficient (Wildman–Crippen LogP) is 3.76. The van der Waals surface area contributed by atoms with Crippen LogP contribution in [0.4, 0.5) is 0 Å². The molecule has 20 heavy (non-hydrogen) atoms. The van der Waals surface area contributed by atoms with Crippen molar-refractivity contribution in [3.63, 3.8) is 0 Å². The lowest BCUT2D eigenvalue weighted by Crippen LogP contribution is -2.36. The summed E-state index contributed by atoms with van der Waals surface area (Å²) in [7, 11) is 3.38. The highest BCUT2D eigenvalue weighted by Gasteiger charge is 2.27. The molecule has 1 aliphatic rings. The lowest BCUT2D eigenvalue weighted by Gasteiger charge is -2.35. The van der Waals surface area contributed by atoms with E-state index in [-0.39, 0.29) is 0 Å². The molecule has 2 rings (SSSR count). The second-order valence-corrected chi connectivity index (χ2v) is 6.49. The number of ether oxygens (including phenoxy) is 2. The first-order valence-electron chi connectivity index (χ1n) is 7.49. The average molecular weight is 277 g/mol. The first-order chi connectivity index (χ1) is 9.55. The summed E-state index contributed by atoms with van der Waals surface area (Å²) in [4.78, 5) is 0. The van der Waals surface area contributed by atoms with Crippen LogP contribution < -0.4 is 14.8 Å². The molecule has 0 radical (unpaired) electrons. The molecule has 0 saturated heterocycles. The van der Waals surface area contributed by atoms with Crippen LogP contribution in [0.1, 0.15) is 45.1 Å². The third kappa shape index (κ3) is 3.66. The van der Waals surface area contributed by atoms with Crippen molar-refractivity contribution in [3.8, 4) is 11.5 Å². The van der Waals surface area contributed by atoms with Gasteiger partial charge in [0, 0.05) is 18.2 Å². The summed E-state index contributed by atoms with van der Waals surface area (Å²) < 4.78 is 10.8. The van der Waals surface area contributed by atoms with Crippen LogP contribution >= 0.6 is 0 Å². The fraction of sp³-hybridized carbons (Fsp3) is 0.647. The zero-order chi connectivity index (χ0) is 14.6. The summed E-state index contributed by atoms with van der Waals surface area (Å²) >= 11 is 0. The molecule has 0 amide bonds. The Morgan fingerprint density at radius 1 is 1.25 bits per heavy atom. The van der Waals surface area contributed by atoms with E-state index >= 15 is 0 Å². The minimum atomic E-state index is 0.467. The van der Waals surface area contributed by atoms with Gasteiger partial charge in [-0.25, -0.2) is 0 Å². The van der Waals surface area contributed by atoms with Crippen molar-refractivity contribution in [2.75, 3.05) is 14.2 Å². The zero-order valence-corrected chi connectivity index (χ0v) is 13.2. The summed E-state index contributed by atoms with van der Waals surface area (Å²) in [6.45, 7) is 5.57. The summed E-state index contributed by atoms with van der Waals surface area (Å²) in [5.41, 5.74) is 1.63. The van der Waals surface area contributed by atoms with Crippen LogP contribution in [0.2, 0.25) is 0 Å². The lowest BCUT2D eigenvalue weighted by atomic mass is 9.75. The van der Waals surface area contributed by atoms with Crippen LogP contribution in [0.3, 0.4) is 0 Å². The number of nitrogens with one attached hydrogen (secondary N) is 1. The number of benzene rings is 1. The fourth-order valence-electron chi connectivity index (χ4n) is 3.22. The maximum Gasteiger partial charge on any atom is 0.165 e. The number of rotatable bonds is 5. The highest BCUT2D eigenvalue weighted by molar-refractivity contribution is 5.46. The average Bonchev–Trinajstić information content (AvgIpc) is 2.43. The van der Waals surface area contributed by atoms with Crippen molar-refractivity contribution in [2.45, 2.75) is 52.1 Å². The van der Waals surface area contributed by atoms with Gasteiger partial charge in [0.25, 0.3) is 0 Å². The third-order valence-electron chi connectivity index (χ3n) is 4.27. The number of hydrogen-bond donors (Lipinski definition) is 1. The third-order valence-corrected chi connectivity index (χ3v) is 4.27. The lowest BCUT2D eigenvalue weighted by molar-refractivity contribution is 0.197. The molecular formula is C17H27NO2. The van der Waals surface area contributed by atoms with Gasteiger partial charge in [-0.05, 0) is 30.7 Å². The van der Waals surface area contributed by atoms with E-state index in [0.29, 0.717) is 11.5 Å². The van der Waals surface area contributed by atoms with E-state index in [1.807, 2.05) is 12.1 Å². The van der Waals surface area contributed by atoms with Crippen molar-refractivity contribution in [2.24, 2.45) is 5.41 Å². The Morgan fingerprint density at radius 3 is 2.70 bits per heavy atom. The molecule has 3 nitrogen and oxygen atoms in total. The van der Waals surface area contributed by atoms with Gasteiger partial charge in [-0.2, -0.15) is 0 Å². The molecule has 0 bridgehead atoms.